The Balaban J connectivity index is 0.000000334. The molecule has 0 aromatic carbocycles. The minimum Gasteiger partial charge on any atom is -0.379 e. The van der Waals surface area contributed by atoms with Gasteiger partial charge >= 0.3 is 0 Å². The summed E-state index contributed by atoms with van der Waals surface area (Å²) in [4.78, 5) is 19.0. The minimum atomic E-state index is -2.65. The van der Waals surface area contributed by atoms with Gasteiger partial charge in [0.25, 0.3) is 6.43 Å². The van der Waals surface area contributed by atoms with Gasteiger partial charge in [0.05, 0.1) is 25.6 Å². The number of hydrogen-bond acceptors (Lipinski definition) is 8. The van der Waals surface area contributed by atoms with E-state index in [-0.39, 0.29) is 5.69 Å². The van der Waals surface area contributed by atoms with Crippen LogP contribution in [0.5, 0.6) is 0 Å². The Morgan fingerprint density at radius 2 is 2.00 bits per heavy atom. The van der Waals surface area contributed by atoms with Crippen LogP contribution in [0.4, 0.5) is 14.6 Å². The minimum absolute atomic E-state index is 0.308. The van der Waals surface area contributed by atoms with Crippen LogP contribution in [0.2, 0.25) is 0 Å². The van der Waals surface area contributed by atoms with Gasteiger partial charge in [-0.2, -0.15) is 12.6 Å². The van der Waals surface area contributed by atoms with Crippen LogP contribution in [0.25, 0.3) is 17.2 Å². The summed E-state index contributed by atoms with van der Waals surface area (Å²) in [6, 6.07) is 1.85. The van der Waals surface area contributed by atoms with Crippen molar-refractivity contribution in [2.24, 2.45) is 0 Å². The number of hydrogen-bond donors (Lipinski definition) is 2. The number of morpholine rings is 1. The van der Waals surface area contributed by atoms with E-state index in [4.69, 9.17) is 4.74 Å². The zero-order valence-corrected chi connectivity index (χ0v) is 17.9. The van der Waals surface area contributed by atoms with Crippen molar-refractivity contribution in [1.29, 1.82) is 0 Å². The molecule has 3 aromatic heterocycles. The first-order chi connectivity index (χ1) is 15.1. The third-order valence-electron chi connectivity index (χ3n) is 5.08. The molecule has 31 heavy (non-hydrogen) atoms. The predicted octanol–water partition coefficient (Wildman–Crippen LogP) is 2.63. The Labute approximate surface area is 184 Å². The number of alkyl halides is 2. The first kappa shape index (κ1) is 21.8. The maximum Gasteiger partial charge on any atom is 0.281 e. The van der Waals surface area contributed by atoms with Crippen molar-refractivity contribution in [3.8, 4) is 11.5 Å². The van der Waals surface area contributed by atoms with E-state index in [0.29, 0.717) is 22.4 Å². The standard InChI is InChI=1S/C16H16F2N6S.C4H9NO/c17-15(18)11-9-24-12(6-21-14(24)7-20-11)16-19-4-3-13(22-16)23-5-1-2-10(25)8-23;1-3-6-4-2-5-1/h3-4,6-7,9-10,15,25H,1-2,5,8H2;5H,1-4H2. The molecule has 3 aromatic rings. The second-order valence-electron chi connectivity index (χ2n) is 7.33. The Hall–Kier alpha value is -2.37. The Morgan fingerprint density at radius 1 is 1.16 bits per heavy atom. The van der Waals surface area contributed by atoms with Gasteiger partial charge in [0.2, 0.25) is 0 Å². The molecule has 8 nitrogen and oxygen atoms in total. The zero-order chi connectivity index (χ0) is 21.6. The summed E-state index contributed by atoms with van der Waals surface area (Å²) < 4.78 is 32.4. The van der Waals surface area contributed by atoms with Crippen LogP contribution < -0.4 is 10.2 Å². The van der Waals surface area contributed by atoms with Crippen LogP contribution in [0, 0.1) is 0 Å². The molecule has 0 saturated carbocycles. The van der Waals surface area contributed by atoms with Crippen LogP contribution in [0.15, 0.2) is 30.9 Å². The van der Waals surface area contributed by atoms with E-state index < -0.39 is 6.43 Å². The van der Waals surface area contributed by atoms with Gasteiger partial charge in [-0.15, -0.1) is 0 Å². The fourth-order valence-electron chi connectivity index (χ4n) is 3.51. The summed E-state index contributed by atoms with van der Waals surface area (Å²) in [5.74, 6) is 1.25. The topological polar surface area (TPSA) is 80.5 Å². The maximum atomic E-state index is 12.9. The molecule has 166 valence electrons. The lowest BCUT2D eigenvalue weighted by atomic mass is 10.1. The van der Waals surface area contributed by atoms with Crippen molar-refractivity contribution in [3.63, 3.8) is 0 Å². The van der Waals surface area contributed by atoms with Gasteiger partial charge in [-0.3, -0.25) is 4.40 Å². The molecular weight excluding hydrogens is 424 g/mol. The molecule has 0 bridgehead atoms. The highest BCUT2D eigenvalue weighted by Crippen LogP contribution is 2.24. The summed E-state index contributed by atoms with van der Waals surface area (Å²) >= 11 is 4.56. The first-order valence-electron chi connectivity index (χ1n) is 10.3. The fraction of sp³-hybridized carbons (Fsp3) is 0.500. The summed E-state index contributed by atoms with van der Waals surface area (Å²) in [6.07, 6.45) is 5.36. The Morgan fingerprint density at radius 3 is 2.68 bits per heavy atom. The maximum absolute atomic E-state index is 12.9. The van der Waals surface area contributed by atoms with E-state index in [2.05, 4.69) is 42.8 Å². The molecule has 1 unspecified atom stereocenters. The fourth-order valence-corrected chi connectivity index (χ4v) is 3.89. The third-order valence-corrected chi connectivity index (χ3v) is 5.50. The number of imidazole rings is 1. The average Bonchev–Trinajstić information content (AvgIpc) is 3.24. The van der Waals surface area contributed by atoms with Gasteiger partial charge in [0.15, 0.2) is 11.5 Å². The lowest BCUT2D eigenvalue weighted by molar-refractivity contribution is 0.109. The molecule has 2 aliphatic rings. The van der Waals surface area contributed by atoms with Crippen molar-refractivity contribution in [2.75, 3.05) is 44.3 Å². The molecule has 5 rings (SSSR count). The van der Waals surface area contributed by atoms with Crippen LogP contribution in [-0.4, -0.2) is 69.0 Å². The van der Waals surface area contributed by atoms with Crippen molar-refractivity contribution in [3.05, 3.63) is 36.5 Å². The summed E-state index contributed by atoms with van der Waals surface area (Å²) in [5, 5.41) is 3.48. The average molecular weight is 450 g/mol. The molecule has 1 atom stereocenters. The first-order valence-corrected chi connectivity index (χ1v) is 10.8. The Kier molecular flexibility index (Phi) is 7.25. The van der Waals surface area contributed by atoms with E-state index in [1.54, 1.807) is 16.8 Å². The van der Waals surface area contributed by atoms with Crippen LogP contribution in [-0.2, 0) is 4.74 Å². The van der Waals surface area contributed by atoms with E-state index in [0.717, 1.165) is 58.1 Å². The largest absolute Gasteiger partial charge is 0.379 e. The molecule has 2 aliphatic heterocycles. The number of ether oxygens (including phenoxy) is 1. The van der Waals surface area contributed by atoms with E-state index in [1.165, 1.54) is 12.4 Å². The number of aromatic nitrogens is 5. The van der Waals surface area contributed by atoms with E-state index >= 15 is 0 Å². The molecule has 1 N–H and O–H groups in total. The normalized spacial score (nSPS) is 19.4. The van der Waals surface area contributed by atoms with Gasteiger partial charge in [-0.05, 0) is 18.9 Å². The van der Waals surface area contributed by atoms with Crippen LogP contribution in [0.1, 0.15) is 25.0 Å². The lowest BCUT2D eigenvalue weighted by Gasteiger charge is -2.31. The van der Waals surface area contributed by atoms with Gasteiger partial charge in [0, 0.05) is 43.8 Å². The van der Waals surface area contributed by atoms with Gasteiger partial charge in [0.1, 0.15) is 17.2 Å². The number of fused-ring (bicyclic) bond motifs is 1. The highest BCUT2D eigenvalue weighted by Gasteiger charge is 2.20. The third kappa shape index (κ3) is 5.46. The monoisotopic (exact) mass is 449 g/mol. The van der Waals surface area contributed by atoms with Crippen LogP contribution in [0.3, 0.4) is 0 Å². The predicted molar refractivity (Wildman–Crippen MR) is 117 cm³/mol. The Bertz CT molecular complexity index is 987. The molecule has 2 fully saturated rings. The quantitative estimate of drug-likeness (QED) is 0.595. The van der Waals surface area contributed by atoms with Gasteiger partial charge < -0.3 is 15.0 Å². The highest BCUT2D eigenvalue weighted by atomic mass is 32.1. The van der Waals surface area contributed by atoms with Crippen molar-refractivity contribution in [2.45, 2.75) is 24.5 Å². The molecular formula is C20H25F2N7OS. The number of thiol groups is 1. The number of halogens is 2. The number of nitrogens with zero attached hydrogens (tertiary/aromatic N) is 6. The van der Waals surface area contributed by atoms with Gasteiger partial charge in [-0.25, -0.2) is 28.7 Å². The molecule has 0 radical (unpaired) electrons. The van der Waals surface area contributed by atoms with Crippen molar-refractivity contribution < 1.29 is 13.5 Å². The molecule has 11 heteroatoms. The number of anilines is 1. The summed E-state index contributed by atoms with van der Waals surface area (Å²) in [7, 11) is 0. The van der Waals surface area contributed by atoms with Crippen molar-refractivity contribution >= 4 is 24.1 Å². The summed E-state index contributed by atoms with van der Waals surface area (Å²) in [6.45, 7) is 5.58. The van der Waals surface area contributed by atoms with E-state index in [1.807, 2.05) is 6.07 Å². The molecule has 0 aliphatic carbocycles. The lowest BCUT2D eigenvalue weighted by Crippen LogP contribution is -2.36. The molecule has 5 heterocycles. The van der Waals surface area contributed by atoms with Crippen molar-refractivity contribution in [1.82, 2.24) is 29.7 Å². The second-order valence-corrected chi connectivity index (χ2v) is 8.06. The number of piperidine rings is 1. The molecule has 0 spiro atoms. The zero-order valence-electron chi connectivity index (χ0n) is 17.0. The van der Waals surface area contributed by atoms with Crippen LogP contribution >= 0.6 is 12.6 Å². The summed E-state index contributed by atoms with van der Waals surface area (Å²) in [5.41, 5.74) is 0.722. The van der Waals surface area contributed by atoms with E-state index in [9.17, 15) is 8.78 Å². The highest BCUT2D eigenvalue weighted by molar-refractivity contribution is 7.81. The number of rotatable bonds is 3. The molecule has 2 saturated heterocycles. The molecule has 0 amide bonds. The smallest absolute Gasteiger partial charge is 0.281 e. The SMILES string of the molecule is C1COCCN1.FC(F)c1cn2c(-c3nccc(N4CCCC(S)C4)n3)cnc2cn1. The second kappa shape index (κ2) is 10.3. The number of nitrogens with one attached hydrogen (secondary N) is 1. The van der Waals surface area contributed by atoms with Gasteiger partial charge in [-0.1, -0.05) is 0 Å².